The monoisotopic (exact) mass is 390 g/mol. The van der Waals surface area contributed by atoms with Gasteiger partial charge < -0.3 is 0 Å². The van der Waals surface area contributed by atoms with Crippen molar-refractivity contribution in [1.29, 1.82) is 0 Å². The maximum atomic E-state index is 4.93. The number of thiazole rings is 2. The zero-order valence-corrected chi connectivity index (χ0v) is 17.9. The average molecular weight is 391 g/mol. The Morgan fingerprint density at radius 1 is 0.741 bits per heavy atom. The van der Waals surface area contributed by atoms with Gasteiger partial charge >= 0.3 is 0 Å². The van der Waals surface area contributed by atoms with Crippen molar-refractivity contribution in [2.75, 3.05) is 0 Å². The molecule has 0 unspecified atom stereocenters. The lowest BCUT2D eigenvalue weighted by atomic mass is 10.0. The Hall–Kier alpha value is -2.30. The maximum Gasteiger partial charge on any atom is 0.153 e. The zero-order valence-electron chi connectivity index (χ0n) is 16.3. The SMILES string of the molecule is Cc1ccc(-c2csc(-c3nc(-c4ccc(C)c(C)c4)c(C)s3)n2)c(C)c1. The zero-order chi connectivity index (χ0) is 19.1. The fourth-order valence-corrected chi connectivity index (χ4v) is 5.03. The minimum Gasteiger partial charge on any atom is -0.233 e. The van der Waals surface area contributed by atoms with Crippen molar-refractivity contribution in [2.24, 2.45) is 0 Å². The molecule has 0 spiro atoms. The summed E-state index contributed by atoms with van der Waals surface area (Å²) in [5.41, 5.74) is 9.64. The van der Waals surface area contributed by atoms with Crippen LogP contribution in [0.3, 0.4) is 0 Å². The first kappa shape index (κ1) is 18.1. The van der Waals surface area contributed by atoms with Crippen LogP contribution in [0.5, 0.6) is 0 Å². The summed E-state index contributed by atoms with van der Waals surface area (Å²) in [5, 5.41) is 4.13. The fourth-order valence-electron chi connectivity index (χ4n) is 3.24. The van der Waals surface area contributed by atoms with Gasteiger partial charge in [0.2, 0.25) is 0 Å². The number of hydrogen-bond acceptors (Lipinski definition) is 4. The van der Waals surface area contributed by atoms with Crippen LogP contribution in [-0.2, 0) is 0 Å². The molecule has 2 aromatic heterocycles. The van der Waals surface area contributed by atoms with Gasteiger partial charge in [-0.15, -0.1) is 22.7 Å². The predicted molar refractivity (Wildman–Crippen MR) is 118 cm³/mol. The number of benzene rings is 2. The molecule has 0 aliphatic rings. The summed E-state index contributed by atoms with van der Waals surface area (Å²) in [6, 6.07) is 13.1. The highest BCUT2D eigenvalue weighted by atomic mass is 32.1. The molecular weight excluding hydrogens is 368 g/mol. The smallest absolute Gasteiger partial charge is 0.153 e. The van der Waals surface area contributed by atoms with Crippen molar-refractivity contribution in [3.05, 3.63) is 68.9 Å². The van der Waals surface area contributed by atoms with Gasteiger partial charge in [-0.05, 0) is 57.4 Å². The number of aromatic nitrogens is 2. The third-order valence-corrected chi connectivity index (χ3v) is 6.88. The van der Waals surface area contributed by atoms with Gasteiger partial charge in [-0.2, -0.15) is 0 Å². The minimum atomic E-state index is 0.994. The van der Waals surface area contributed by atoms with E-state index in [2.05, 4.69) is 76.4 Å². The molecule has 0 atom stereocenters. The third-order valence-electron chi connectivity index (χ3n) is 4.92. The number of aryl methyl sites for hydroxylation is 5. The lowest BCUT2D eigenvalue weighted by molar-refractivity contribution is 1.30. The van der Waals surface area contributed by atoms with Gasteiger partial charge in [-0.3, -0.25) is 0 Å². The molecule has 4 aromatic rings. The molecule has 0 saturated heterocycles. The van der Waals surface area contributed by atoms with Crippen molar-refractivity contribution in [3.63, 3.8) is 0 Å². The van der Waals surface area contributed by atoms with E-state index in [1.807, 2.05) is 0 Å². The summed E-state index contributed by atoms with van der Waals surface area (Å²) in [4.78, 5) is 11.1. The van der Waals surface area contributed by atoms with Crippen molar-refractivity contribution in [3.8, 4) is 32.5 Å². The second-order valence-electron chi connectivity index (χ2n) is 7.08. The predicted octanol–water partition coefficient (Wildman–Crippen LogP) is 7.14. The van der Waals surface area contributed by atoms with Gasteiger partial charge in [0.15, 0.2) is 10.0 Å². The molecule has 0 amide bonds. The van der Waals surface area contributed by atoms with E-state index in [9.17, 15) is 0 Å². The Morgan fingerprint density at radius 2 is 1.56 bits per heavy atom. The molecule has 2 heterocycles. The number of nitrogens with zero attached hydrogens (tertiary/aromatic N) is 2. The Kier molecular flexibility index (Phi) is 4.70. The Bertz CT molecular complexity index is 1140. The summed E-state index contributed by atoms with van der Waals surface area (Å²) < 4.78 is 0. The Balaban J connectivity index is 1.71. The topological polar surface area (TPSA) is 25.8 Å². The Morgan fingerprint density at radius 3 is 2.30 bits per heavy atom. The molecule has 0 bridgehead atoms. The molecule has 27 heavy (non-hydrogen) atoms. The van der Waals surface area contributed by atoms with Crippen LogP contribution < -0.4 is 0 Å². The molecule has 4 heteroatoms. The van der Waals surface area contributed by atoms with Crippen LogP contribution in [0, 0.1) is 34.6 Å². The first-order chi connectivity index (χ1) is 12.9. The quantitative estimate of drug-likeness (QED) is 0.371. The van der Waals surface area contributed by atoms with Crippen LogP contribution in [0.2, 0.25) is 0 Å². The second kappa shape index (κ2) is 7.02. The molecule has 0 aliphatic heterocycles. The van der Waals surface area contributed by atoms with Crippen molar-refractivity contribution < 1.29 is 0 Å². The molecule has 0 N–H and O–H groups in total. The molecule has 0 aliphatic carbocycles. The standard InChI is InChI=1S/C23H22N2S2/c1-13-6-9-19(16(4)10-13)20-12-26-22(24-20)23-25-21(17(5)27-23)18-8-7-14(2)15(3)11-18/h6-12H,1-5H3. The van der Waals surface area contributed by atoms with Crippen LogP contribution >= 0.6 is 22.7 Å². The average Bonchev–Trinajstić information content (AvgIpc) is 3.24. The van der Waals surface area contributed by atoms with E-state index in [4.69, 9.17) is 9.97 Å². The van der Waals surface area contributed by atoms with Crippen LogP contribution in [-0.4, -0.2) is 9.97 Å². The maximum absolute atomic E-state index is 4.93. The highest BCUT2D eigenvalue weighted by Crippen LogP contribution is 2.37. The number of rotatable bonds is 3. The fraction of sp³-hybridized carbons (Fsp3) is 0.217. The van der Waals surface area contributed by atoms with Crippen molar-refractivity contribution in [2.45, 2.75) is 34.6 Å². The molecule has 136 valence electrons. The summed E-state index contributed by atoms with van der Waals surface area (Å²) in [6.45, 7) is 10.7. The van der Waals surface area contributed by atoms with E-state index < -0.39 is 0 Å². The van der Waals surface area contributed by atoms with E-state index >= 15 is 0 Å². The van der Waals surface area contributed by atoms with Gasteiger partial charge in [0.05, 0.1) is 11.4 Å². The Labute approximate surface area is 168 Å². The minimum absolute atomic E-state index is 0.994. The van der Waals surface area contributed by atoms with Gasteiger partial charge in [0.1, 0.15) is 0 Å². The first-order valence-electron chi connectivity index (χ1n) is 9.01. The van der Waals surface area contributed by atoms with E-state index in [-0.39, 0.29) is 0 Å². The normalized spacial score (nSPS) is 11.1. The number of hydrogen-bond donors (Lipinski definition) is 0. The van der Waals surface area contributed by atoms with Crippen LogP contribution in [0.25, 0.3) is 32.5 Å². The lowest BCUT2D eigenvalue weighted by Crippen LogP contribution is -1.86. The summed E-state index contributed by atoms with van der Waals surface area (Å²) in [7, 11) is 0. The van der Waals surface area contributed by atoms with Crippen LogP contribution in [0.1, 0.15) is 27.1 Å². The molecule has 0 saturated carbocycles. The summed E-state index contributed by atoms with van der Waals surface area (Å²) >= 11 is 3.39. The summed E-state index contributed by atoms with van der Waals surface area (Å²) in [5.74, 6) is 0. The summed E-state index contributed by atoms with van der Waals surface area (Å²) in [6.07, 6.45) is 0. The molecular formula is C23H22N2S2. The molecule has 2 nitrogen and oxygen atoms in total. The van der Waals surface area contributed by atoms with Gasteiger partial charge in [-0.25, -0.2) is 9.97 Å². The molecule has 2 aromatic carbocycles. The lowest BCUT2D eigenvalue weighted by Gasteiger charge is -2.03. The third kappa shape index (κ3) is 3.47. The van der Waals surface area contributed by atoms with E-state index in [1.54, 1.807) is 22.7 Å². The molecule has 0 radical (unpaired) electrons. The second-order valence-corrected chi connectivity index (χ2v) is 9.14. The van der Waals surface area contributed by atoms with Crippen LogP contribution in [0.15, 0.2) is 41.8 Å². The first-order valence-corrected chi connectivity index (χ1v) is 10.7. The van der Waals surface area contributed by atoms with Gasteiger partial charge in [0.25, 0.3) is 0 Å². The highest BCUT2D eigenvalue weighted by Gasteiger charge is 2.15. The van der Waals surface area contributed by atoms with Crippen molar-refractivity contribution in [1.82, 2.24) is 9.97 Å². The molecule has 0 fully saturated rings. The van der Waals surface area contributed by atoms with Gasteiger partial charge in [0, 0.05) is 21.4 Å². The van der Waals surface area contributed by atoms with Crippen LogP contribution in [0.4, 0.5) is 0 Å². The van der Waals surface area contributed by atoms with E-state index in [0.717, 1.165) is 21.4 Å². The van der Waals surface area contributed by atoms with Crippen molar-refractivity contribution >= 4 is 22.7 Å². The van der Waals surface area contributed by atoms with E-state index in [0.29, 0.717) is 0 Å². The largest absolute Gasteiger partial charge is 0.233 e. The van der Waals surface area contributed by atoms with Gasteiger partial charge in [-0.1, -0.05) is 35.9 Å². The highest BCUT2D eigenvalue weighted by molar-refractivity contribution is 7.21. The molecule has 4 rings (SSSR count). The van der Waals surface area contributed by atoms with E-state index in [1.165, 1.54) is 38.3 Å².